The summed E-state index contributed by atoms with van der Waals surface area (Å²) < 4.78 is 5.37. The van der Waals surface area contributed by atoms with Crippen LogP contribution in [0.1, 0.15) is 50.9 Å². The van der Waals surface area contributed by atoms with Crippen molar-refractivity contribution in [2.45, 2.75) is 58.5 Å². The van der Waals surface area contributed by atoms with Gasteiger partial charge in [-0.15, -0.1) is 0 Å². The fourth-order valence-corrected chi connectivity index (χ4v) is 2.80. The van der Waals surface area contributed by atoms with Crippen molar-refractivity contribution in [1.29, 1.82) is 0 Å². The van der Waals surface area contributed by atoms with Gasteiger partial charge in [-0.3, -0.25) is 4.90 Å². The van der Waals surface area contributed by atoms with E-state index in [1.807, 2.05) is 6.92 Å². The van der Waals surface area contributed by atoms with Crippen LogP contribution in [0, 0.1) is 6.92 Å². The molecule has 0 atom stereocenters. The summed E-state index contributed by atoms with van der Waals surface area (Å²) >= 11 is 0. The van der Waals surface area contributed by atoms with Crippen LogP contribution in [0.15, 0.2) is 16.7 Å². The van der Waals surface area contributed by atoms with Crippen molar-refractivity contribution in [2.24, 2.45) is 5.73 Å². The minimum Gasteiger partial charge on any atom is -0.469 e. The lowest BCUT2D eigenvalue weighted by Crippen LogP contribution is -2.51. The molecule has 104 valence electrons. The van der Waals surface area contributed by atoms with E-state index in [1.54, 1.807) is 6.26 Å². The Morgan fingerprint density at radius 3 is 2.28 bits per heavy atom. The first kappa shape index (κ1) is 15.3. The van der Waals surface area contributed by atoms with Crippen LogP contribution in [0.3, 0.4) is 0 Å². The van der Waals surface area contributed by atoms with Crippen LogP contribution in [0.4, 0.5) is 0 Å². The Morgan fingerprint density at radius 2 is 1.89 bits per heavy atom. The summed E-state index contributed by atoms with van der Waals surface area (Å²) in [5.41, 5.74) is 7.48. The molecule has 0 aliphatic rings. The Balaban J connectivity index is 2.81. The topological polar surface area (TPSA) is 42.4 Å². The highest BCUT2D eigenvalue weighted by Crippen LogP contribution is 2.27. The van der Waals surface area contributed by atoms with Gasteiger partial charge in [-0.1, -0.05) is 26.7 Å². The minimum atomic E-state index is 0.132. The number of rotatable bonds is 8. The van der Waals surface area contributed by atoms with Crippen molar-refractivity contribution in [3.63, 3.8) is 0 Å². The van der Waals surface area contributed by atoms with Crippen LogP contribution in [0.25, 0.3) is 0 Å². The maximum atomic E-state index is 6.08. The van der Waals surface area contributed by atoms with Crippen molar-refractivity contribution < 1.29 is 4.42 Å². The van der Waals surface area contributed by atoms with Crippen LogP contribution < -0.4 is 5.73 Å². The van der Waals surface area contributed by atoms with Crippen molar-refractivity contribution >= 4 is 0 Å². The van der Waals surface area contributed by atoms with E-state index in [-0.39, 0.29) is 5.54 Å². The second kappa shape index (κ2) is 6.95. The van der Waals surface area contributed by atoms with Gasteiger partial charge in [0.25, 0.3) is 0 Å². The maximum Gasteiger partial charge on any atom is 0.105 e. The monoisotopic (exact) mass is 252 g/mol. The van der Waals surface area contributed by atoms with Gasteiger partial charge in [0.2, 0.25) is 0 Å². The van der Waals surface area contributed by atoms with Gasteiger partial charge in [-0.25, -0.2) is 0 Å². The van der Waals surface area contributed by atoms with E-state index >= 15 is 0 Å². The van der Waals surface area contributed by atoms with Crippen LogP contribution in [-0.2, 0) is 6.54 Å². The van der Waals surface area contributed by atoms with E-state index in [2.05, 4.69) is 31.9 Å². The highest BCUT2D eigenvalue weighted by Gasteiger charge is 2.31. The fraction of sp³-hybridized carbons (Fsp3) is 0.733. The van der Waals surface area contributed by atoms with Crippen molar-refractivity contribution in [2.75, 3.05) is 13.6 Å². The summed E-state index contributed by atoms with van der Waals surface area (Å²) in [6.45, 7) is 8.13. The molecule has 18 heavy (non-hydrogen) atoms. The third-order valence-corrected chi connectivity index (χ3v) is 3.99. The van der Waals surface area contributed by atoms with Gasteiger partial charge >= 0.3 is 0 Å². The summed E-state index contributed by atoms with van der Waals surface area (Å²) in [7, 11) is 2.19. The predicted molar refractivity (Wildman–Crippen MR) is 76.5 cm³/mol. The Bertz CT molecular complexity index is 340. The van der Waals surface area contributed by atoms with E-state index in [4.69, 9.17) is 10.2 Å². The molecule has 0 radical (unpaired) electrons. The fourth-order valence-electron chi connectivity index (χ4n) is 2.80. The lowest BCUT2D eigenvalue weighted by Gasteiger charge is -2.41. The molecular formula is C15H28N2O. The molecular weight excluding hydrogens is 224 g/mol. The third kappa shape index (κ3) is 3.36. The number of nitrogens with two attached hydrogens (primary N) is 1. The van der Waals surface area contributed by atoms with E-state index in [0.29, 0.717) is 0 Å². The molecule has 1 aromatic rings. The minimum absolute atomic E-state index is 0.132. The summed E-state index contributed by atoms with van der Waals surface area (Å²) in [5, 5.41) is 0. The molecule has 0 saturated heterocycles. The maximum absolute atomic E-state index is 6.08. The van der Waals surface area contributed by atoms with Crippen LogP contribution in [-0.4, -0.2) is 24.0 Å². The largest absolute Gasteiger partial charge is 0.469 e. The molecule has 1 aromatic heterocycles. The van der Waals surface area contributed by atoms with E-state index in [0.717, 1.165) is 31.7 Å². The van der Waals surface area contributed by atoms with Gasteiger partial charge < -0.3 is 10.2 Å². The van der Waals surface area contributed by atoms with Crippen molar-refractivity contribution in [1.82, 2.24) is 4.90 Å². The molecule has 0 aliphatic heterocycles. The van der Waals surface area contributed by atoms with Crippen molar-refractivity contribution in [3.8, 4) is 0 Å². The smallest absolute Gasteiger partial charge is 0.105 e. The summed E-state index contributed by atoms with van der Waals surface area (Å²) in [6, 6.07) is 2.06. The van der Waals surface area contributed by atoms with Crippen LogP contribution >= 0.6 is 0 Å². The van der Waals surface area contributed by atoms with E-state index < -0.39 is 0 Å². The molecule has 0 aliphatic carbocycles. The Hall–Kier alpha value is -0.800. The standard InChI is InChI=1S/C15H28N2O/c1-5-8-15(12-16,9-6-2)17(4)11-14-7-10-18-13(14)3/h7,10H,5-6,8-9,11-12,16H2,1-4H3. The molecule has 1 rings (SSSR count). The SMILES string of the molecule is CCCC(CN)(CCC)N(C)Cc1ccoc1C. The molecule has 0 spiro atoms. The van der Waals surface area contributed by atoms with Crippen molar-refractivity contribution in [3.05, 3.63) is 23.7 Å². The first-order valence-electron chi connectivity index (χ1n) is 7.04. The predicted octanol–water partition coefficient (Wildman–Crippen LogP) is 3.32. The lowest BCUT2D eigenvalue weighted by atomic mass is 9.86. The van der Waals surface area contributed by atoms with Crippen LogP contribution in [0.2, 0.25) is 0 Å². The quantitative estimate of drug-likeness (QED) is 0.771. The molecule has 0 bridgehead atoms. The first-order chi connectivity index (χ1) is 8.59. The van der Waals surface area contributed by atoms with Gasteiger partial charge in [0.1, 0.15) is 5.76 Å². The molecule has 0 aromatic carbocycles. The average Bonchev–Trinajstić information content (AvgIpc) is 2.74. The van der Waals surface area contributed by atoms with Gasteiger partial charge in [0, 0.05) is 24.2 Å². The van der Waals surface area contributed by atoms with Gasteiger partial charge in [0.05, 0.1) is 6.26 Å². The molecule has 0 amide bonds. The highest BCUT2D eigenvalue weighted by atomic mass is 16.3. The third-order valence-electron chi connectivity index (χ3n) is 3.99. The zero-order chi connectivity index (χ0) is 13.6. The lowest BCUT2D eigenvalue weighted by molar-refractivity contribution is 0.0951. The number of aryl methyl sites for hydroxylation is 1. The van der Waals surface area contributed by atoms with Gasteiger partial charge in [0.15, 0.2) is 0 Å². The molecule has 2 N–H and O–H groups in total. The molecule has 3 nitrogen and oxygen atoms in total. The van der Waals surface area contributed by atoms with E-state index in [1.165, 1.54) is 18.4 Å². The zero-order valence-corrected chi connectivity index (χ0v) is 12.3. The molecule has 0 unspecified atom stereocenters. The number of likely N-dealkylation sites (N-methyl/N-ethyl adjacent to an activating group) is 1. The second-order valence-electron chi connectivity index (χ2n) is 5.29. The number of hydrogen-bond acceptors (Lipinski definition) is 3. The number of hydrogen-bond donors (Lipinski definition) is 1. The normalized spacial score (nSPS) is 12.3. The first-order valence-corrected chi connectivity index (χ1v) is 7.04. The highest BCUT2D eigenvalue weighted by molar-refractivity contribution is 5.15. The Kier molecular flexibility index (Phi) is 5.89. The van der Waals surface area contributed by atoms with Gasteiger partial charge in [-0.2, -0.15) is 0 Å². The molecule has 0 fully saturated rings. The number of furan rings is 1. The van der Waals surface area contributed by atoms with E-state index in [9.17, 15) is 0 Å². The molecule has 0 saturated carbocycles. The summed E-state index contributed by atoms with van der Waals surface area (Å²) in [4.78, 5) is 2.41. The van der Waals surface area contributed by atoms with Gasteiger partial charge in [-0.05, 0) is 32.9 Å². The zero-order valence-electron chi connectivity index (χ0n) is 12.3. The van der Waals surface area contributed by atoms with Crippen LogP contribution in [0.5, 0.6) is 0 Å². The Morgan fingerprint density at radius 1 is 1.28 bits per heavy atom. The Labute approximate surface area is 111 Å². The summed E-state index contributed by atoms with van der Waals surface area (Å²) in [5.74, 6) is 1.01. The molecule has 3 heteroatoms. The molecule has 1 heterocycles. The second-order valence-corrected chi connectivity index (χ2v) is 5.29. The summed E-state index contributed by atoms with van der Waals surface area (Å²) in [6.07, 6.45) is 6.43. The number of nitrogens with zero attached hydrogens (tertiary/aromatic N) is 1. The average molecular weight is 252 g/mol.